The zero-order valence-electron chi connectivity index (χ0n) is 44.4. The molecule has 2 heterocycles. The van der Waals surface area contributed by atoms with E-state index in [1.807, 2.05) is 0 Å². The van der Waals surface area contributed by atoms with E-state index in [1.165, 1.54) is 24.3 Å². The van der Waals surface area contributed by atoms with Crippen LogP contribution in [-0.4, -0.2) is 238 Å². The van der Waals surface area contributed by atoms with Crippen LogP contribution in [0.2, 0.25) is 5.02 Å². The summed E-state index contributed by atoms with van der Waals surface area (Å²) in [6.07, 6.45) is -0.393. The number of hydrogen-bond acceptors (Lipinski definition) is 20. The summed E-state index contributed by atoms with van der Waals surface area (Å²) in [7, 11) is 0. The molecule has 0 radical (unpaired) electrons. The molecule has 2 aliphatic heterocycles. The van der Waals surface area contributed by atoms with Crippen LogP contribution in [0.15, 0.2) is 36.4 Å². The molecule has 2 fully saturated rings. The Kier molecular flexibility index (Phi) is 30.8. The second-order valence-corrected chi connectivity index (χ2v) is 18.7. The molecule has 2 aliphatic rings. The first-order chi connectivity index (χ1) is 37.1. The molecule has 0 aromatic heterocycles. The standard InChI is InChI=1S/C49H77ClFN9O17/c1-49(2,3)57-12-9-52-44(37-57)46(61)56-13-14-58(47(62)55-38-4-6-41(50)42(51)34-38)40(36-56)8-15-77-48(63)54-11-17-69-19-21-71-23-25-73-27-29-75-31-33-76-32-30-74-28-26-72-24-22-70-20-18-68-16-10-53-43-7-5-39(59(64)65)35-45(43)60(66)67/h4-7,34-35,40,44,52-53H,8-33,36-37H2,1-3H3,(H,54,63)(H,55,62). The van der Waals surface area contributed by atoms with Gasteiger partial charge in [-0.2, -0.15) is 0 Å². The first-order valence-electron chi connectivity index (χ1n) is 25.7. The zero-order valence-corrected chi connectivity index (χ0v) is 45.1. The van der Waals surface area contributed by atoms with Crippen LogP contribution in [0.5, 0.6) is 0 Å². The molecule has 0 bridgehead atoms. The lowest BCUT2D eigenvalue weighted by Crippen LogP contribution is -2.64. The van der Waals surface area contributed by atoms with Crippen LogP contribution >= 0.6 is 11.6 Å². The number of rotatable bonds is 38. The molecule has 26 nitrogen and oxygen atoms in total. The van der Waals surface area contributed by atoms with Crippen molar-refractivity contribution < 1.29 is 76.0 Å². The number of benzene rings is 2. The number of carbonyl (C=O) groups excluding carboxylic acids is 3. The molecule has 4 rings (SSSR count). The van der Waals surface area contributed by atoms with Gasteiger partial charge in [0, 0.05) is 76.1 Å². The molecule has 0 saturated carbocycles. The summed E-state index contributed by atoms with van der Waals surface area (Å²) in [5, 5.41) is 33.5. The summed E-state index contributed by atoms with van der Waals surface area (Å²) in [6, 6.07) is 6.04. The van der Waals surface area contributed by atoms with Crippen molar-refractivity contribution in [3.63, 3.8) is 0 Å². The number of piperazine rings is 2. The lowest BCUT2D eigenvalue weighted by atomic mass is 10.0. The Bertz CT molecular complexity index is 2080. The molecule has 4 amide bonds. The molecule has 77 heavy (non-hydrogen) atoms. The third kappa shape index (κ3) is 25.9. The number of alkyl carbamates (subject to hydrolysis) is 1. The quantitative estimate of drug-likeness (QED) is 0.0423. The van der Waals surface area contributed by atoms with E-state index in [-0.39, 0.29) is 91.6 Å². The number of ether oxygens (including phenoxy) is 10. The highest BCUT2D eigenvalue weighted by Gasteiger charge is 2.38. The van der Waals surface area contributed by atoms with Crippen molar-refractivity contribution in [2.75, 3.05) is 189 Å². The van der Waals surface area contributed by atoms with E-state index in [1.54, 1.807) is 9.80 Å². The normalized spacial score (nSPS) is 16.1. The maximum Gasteiger partial charge on any atom is 0.407 e. The van der Waals surface area contributed by atoms with Crippen molar-refractivity contribution in [1.29, 1.82) is 0 Å². The first kappa shape index (κ1) is 64.4. The summed E-state index contributed by atoms with van der Waals surface area (Å²) in [5.41, 5.74) is -0.430. The third-order valence-electron chi connectivity index (χ3n) is 11.8. The van der Waals surface area contributed by atoms with E-state index in [9.17, 15) is 39.0 Å². The molecule has 2 saturated heterocycles. The van der Waals surface area contributed by atoms with Crippen molar-refractivity contribution in [2.45, 2.75) is 44.8 Å². The van der Waals surface area contributed by atoms with Crippen LogP contribution < -0.4 is 21.3 Å². The van der Waals surface area contributed by atoms with Gasteiger partial charge in [0.2, 0.25) is 5.91 Å². The van der Waals surface area contributed by atoms with Gasteiger partial charge in [0.15, 0.2) is 0 Å². The molecular weight excluding hydrogens is 1040 g/mol. The molecule has 0 spiro atoms. The Morgan fingerprint density at radius 1 is 0.688 bits per heavy atom. The van der Waals surface area contributed by atoms with Gasteiger partial charge in [0.1, 0.15) is 11.5 Å². The van der Waals surface area contributed by atoms with Crippen molar-refractivity contribution in [3.8, 4) is 0 Å². The topological polar surface area (TPSA) is 288 Å². The number of urea groups is 1. The third-order valence-corrected chi connectivity index (χ3v) is 12.1. The van der Waals surface area contributed by atoms with Gasteiger partial charge < -0.3 is 78.4 Å². The molecule has 28 heteroatoms. The molecule has 2 aromatic rings. The minimum absolute atomic E-state index is 0.0209. The number of nitro groups is 2. The fourth-order valence-corrected chi connectivity index (χ4v) is 7.82. The van der Waals surface area contributed by atoms with Gasteiger partial charge in [-0.3, -0.25) is 29.9 Å². The zero-order chi connectivity index (χ0) is 55.7. The summed E-state index contributed by atoms with van der Waals surface area (Å²) < 4.78 is 69.0. The molecule has 4 N–H and O–H groups in total. The number of carbonyl (C=O) groups is 3. The van der Waals surface area contributed by atoms with Crippen LogP contribution in [0.3, 0.4) is 0 Å². The Hall–Kier alpha value is -5.17. The Balaban J connectivity index is 0.900. The van der Waals surface area contributed by atoms with E-state index in [0.717, 1.165) is 18.7 Å². The number of halogens is 2. The molecule has 2 atom stereocenters. The largest absolute Gasteiger partial charge is 0.449 e. The number of nitrogens with zero attached hydrogens (tertiary/aromatic N) is 5. The Morgan fingerprint density at radius 3 is 1.73 bits per heavy atom. The monoisotopic (exact) mass is 1120 g/mol. The molecular formula is C49H77ClFN9O17. The minimum Gasteiger partial charge on any atom is -0.449 e. The Labute approximate surface area is 453 Å². The summed E-state index contributed by atoms with van der Waals surface area (Å²) in [6.45, 7) is 16.2. The fraction of sp³-hybridized carbons (Fsp3) is 0.694. The van der Waals surface area contributed by atoms with Crippen LogP contribution in [0.1, 0.15) is 27.2 Å². The highest BCUT2D eigenvalue weighted by Crippen LogP contribution is 2.29. The second-order valence-electron chi connectivity index (χ2n) is 18.3. The lowest BCUT2D eigenvalue weighted by molar-refractivity contribution is -0.393. The maximum atomic E-state index is 14.1. The van der Waals surface area contributed by atoms with Crippen molar-refractivity contribution >= 4 is 52.4 Å². The van der Waals surface area contributed by atoms with Gasteiger partial charge in [0.25, 0.3) is 11.4 Å². The number of nitrogens with one attached hydrogen (secondary N) is 4. The molecule has 0 aliphatic carbocycles. The van der Waals surface area contributed by atoms with E-state index in [4.69, 9.17) is 59.0 Å². The summed E-state index contributed by atoms with van der Waals surface area (Å²) >= 11 is 5.82. The first-order valence-corrected chi connectivity index (χ1v) is 26.1. The van der Waals surface area contributed by atoms with Crippen molar-refractivity contribution in [1.82, 2.24) is 25.3 Å². The molecule has 2 unspecified atom stereocenters. The lowest BCUT2D eigenvalue weighted by Gasteiger charge is -2.45. The highest BCUT2D eigenvalue weighted by atomic mass is 35.5. The summed E-state index contributed by atoms with van der Waals surface area (Å²) in [5.74, 6) is -0.721. The minimum atomic E-state index is -0.690. The van der Waals surface area contributed by atoms with Gasteiger partial charge in [0.05, 0.1) is 159 Å². The van der Waals surface area contributed by atoms with Gasteiger partial charge >= 0.3 is 12.1 Å². The fourth-order valence-electron chi connectivity index (χ4n) is 7.70. The van der Waals surface area contributed by atoms with Gasteiger partial charge in [-0.25, -0.2) is 14.0 Å². The van der Waals surface area contributed by atoms with Gasteiger partial charge in [-0.05, 0) is 45.0 Å². The number of hydrogen-bond donors (Lipinski definition) is 4. The number of anilines is 2. The van der Waals surface area contributed by atoms with E-state index in [2.05, 4.69) is 46.9 Å². The predicted octanol–water partition coefficient (Wildman–Crippen LogP) is 3.79. The van der Waals surface area contributed by atoms with E-state index in [0.29, 0.717) is 125 Å². The number of nitro benzene ring substituents is 2. The van der Waals surface area contributed by atoms with E-state index < -0.39 is 39.9 Å². The average Bonchev–Trinajstić information content (AvgIpc) is 3.41. The Morgan fingerprint density at radius 2 is 1.22 bits per heavy atom. The van der Waals surface area contributed by atoms with Crippen molar-refractivity contribution in [2.24, 2.45) is 0 Å². The SMILES string of the molecule is CC(C)(C)N1CCNC(C(=O)N2CCN(C(=O)Nc3ccc(Cl)c(F)c3)C(CCOC(=O)NCCOCCOCCOCCOCCOCCOCCOCCOCCOCCNc3ccc([N+](=O)[O-])cc3[N+](=O)[O-])C2)C1. The number of amides is 4. The molecule has 434 valence electrons. The van der Waals surface area contributed by atoms with Gasteiger partial charge in [-0.15, -0.1) is 0 Å². The average molecular weight is 1120 g/mol. The van der Waals surface area contributed by atoms with Gasteiger partial charge in [-0.1, -0.05) is 11.6 Å². The maximum absolute atomic E-state index is 14.1. The highest BCUT2D eigenvalue weighted by molar-refractivity contribution is 6.30. The summed E-state index contributed by atoms with van der Waals surface area (Å²) in [4.78, 5) is 66.0. The van der Waals surface area contributed by atoms with Crippen LogP contribution in [0, 0.1) is 26.0 Å². The van der Waals surface area contributed by atoms with E-state index >= 15 is 0 Å². The van der Waals surface area contributed by atoms with Crippen LogP contribution in [0.4, 0.5) is 36.7 Å². The second kappa shape index (κ2) is 36.8. The smallest absolute Gasteiger partial charge is 0.407 e. The van der Waals surface area contributed by atoms with Crippen LogP contribution in [-0.2, 0) is 52.2 Å². The van der Waals surface area contributed by atoms with Crippen molar-refractivity contribution in [3.05, 3.63) is 67.5 Å². The predicted molar refractivity (Wildman–Crippen MR) is 280 cm³/mol. The molecule has 2 aromatic carbocycles. The number of non-ortho nitro benzene ring substituents is 1. The van der Waals surface area contributed by atoms with Crippen LogP contribution in [0.25, 0.3) is 0 Å².